The SMILES string of the molecule is COc1ccc([C@H]2c3c(C)nn(-c4ccccc4)c3Oc3ncn4nc(CO/N=C(\C)c5ccc(C)cc5)nc4c32)cc1. The fraction of sp³-hybridized carbons (Fsp3) is 0.182. The second-order valence-corrected chi connectivity index (χ2v) is 10.4. The first-order chi connectivity index (χ1) is 21.0. The number of fused-ring (bicyclic) bond motifs is 4. The molecule has 1 atom stereocenters. The van der Waals surface area contributed by atoms with Crippen LogP contribution in [0.5, 0.6) is 17.5 Å². The zero-order valence-corrected chi connectivity index (χ0v) is 24.2. The van der Waals surface area contributed by atoms with E-state index in [1.165, 1.54) is 5.56 Å². The Labute approximate surface area is 248 Å². The fourth-order valence-corrected chi connectivity index (χ4v) is 5.39. The van der Waals surface area contributed by atoms with Crippen molar-refractivity contribution in [2.45, 2.75) is 33.3 Å². The van der Waals surface area contributed by atoms with Crippen molar-refractivity contribution in [2.75, 3.05) is 7.11 Å². The van der Waals surface area contributed by atoms with Crippen molar-refractivity contribution in [3.05, 3.63) is 125 Å². The van der Waals surface area contributed by atoms with Crippen LogP contribution in [0.2, 0.25) is 0 Å². The summed E-state index contributed by atoms with van der Waals surface area (Å²) in [5.74, 6) is 2.06. The second kappa shape index (κ2) is 10.7. The third-order valence-corrected chi connectivity index (χ3v) is 7.58. The lowest BCUT2D eigenvalue weighted by molar-refractivity contribution is 0.125. The highest BCUT2D eigenvalue weighted by atomic mass is 16.6. The molecule has 0 amide bonds. The molecule has 3 aromatic heterocycles. The summed E-state index contributed by atoms with van der Waals surface area (Å²) in [7, 11) is 1.66. The molecule has 7 rings (SSSR count). The van der Waals surface area contributed by atoms with E-state index >= 15 is 0 Å². The van der Waals surface area contributed by atoms with E-state index in [9.17, 15) is 0 Å². The number of aryl methyl sites for hydroxylation is 2. The number of hydrogen-bond donors (Lipinski definition) is 0. The Morgan fingerprint density at radius 3 is 2.44 bits per heavy atom. The molecule has 0 fully saturated rings. The van der Waals surface area contributed by atoms with Gasteiger partial charge < -0.3 is 14.3 Å². The van der Waals surface area contributed by atoms with Gasteiger partial charge in [0.2, 0.25) is 11.8 Å². The molecule has 0 unspecified atom stereocenters. The number of aromatic nitrogens is 6. The maximum Gasteiger partial charge on any atom is 0.230 e. The first-order valence-corrected chi connectivity index (χ1v) is 13.9. The van der Waals surface area contributed by atoms with Gasteiger partial charge in [-0.3, -0.25) is 0 Å². The van der Waals surface area contributed by atoms with Crippen LogP contribution in [-0.2, 0) is 11.4 Å². The fourth-order valence-electron chi connectivity index (χ4n) is 5.39. The van der Waals surface area contributed by atoms with Gasteiger partial charge in [0, 0.05) is 0 Å². The van der Waals surface area contributed by atoms with Gasteiger partial charge in [-0.2, -0.15) is 5.10 Å². The van der Waals surface area contributed by atoms with E-state index in [0.29, 0.717) is 23.2 Å². The molecule has 0 spiro atoms. The molecule has 3 aromatic carbocycles. The Morgan fingerprint density at radius 1 is 0.930 bits per heavy atom. The average Bonchev–Trinajstić information content (AvgIpc) is 3.61. The van der Waals surface area contributed by atoms with Gasteiger partial charge in [0.1, 0.15) is 12.1 Å². The molecule has 0 radical (unpaired) electrons. The van der Waals surface area contributed by atoms with Crippen LogP contribution in [0.1, 0.15) is 52.2 Å². The molecule has 214 valence electrons. The van der Waals surface area contributed by atoms with Gasteiger partial charge >= 0.3 is 0 Å². The van der Waals surface area contributed by atoms with Crippen molar-refractivity contribution in [3.8, 4) is 23.2 Å². The monoisotopic (exact) mass is 571 g/mol. The summed E-state index contributed by atoms with van der Waals surface area (Å²) in [6.07, 6.45) is 1.61. The van der Waals surface area contributed by atoms with Crippen molar-refractivity contribution >= 4 is 11.4 Å². The van der Waals surface area contributed by atoms with E-state index < -0.39 is 0 Å². The van der Waals surface area contributed by atoms with E-state index in [-0.39, 0.29) is 12.5 Å². The van der Waals surface area contributed by atoms with E-state index in [0.717, 1.165) is 45.1 Å². The van der Waals surface area contributed by atoms with Gasteiger partial charge in [0.25, 0.3) is 0 Å². The summed E-state index contributed by atoms with van der Waals surface area (Å²) in [6.45, 7) is 6.06. The second-order valence-electron chi connectivity index (χ2n) is 10.4. The number of ether oxygens (including phenoxy) is 2. The van der Waals surface area contributed by atoms with Gasteiger partial charge in [-0.05, 0) is 56.2 Å². The Bertz CT molecular complexity index is 1960. The summed E-state index contributed by atoms with van der Waals surface area (Å²) in [4.78, 5) is 15.2. The molecule has 1 aliphatic rings. The summed E-state index contributed by atoms with van der Waals surface area (Å²) in [5, 5.41) is 13.8. The van der Waals surface area contributed by atoms with Crippen LogP contribution < -0.4 is 9.47 Å². The molecule has 10 heteroatoms. The quantitative estimate of drug-likeness (QED) is 0.167. The lowest BCUT2D eigenvalue weighted by atomic mass is 9.84. The number of nitrogens with zero attached hydrogens (tertiary/aromatic N) is 7. The van der Waals surface area contributed by atoms with Gasteiger partial charge in [-0.1, -0.05) is 65.3 Å². The minimum atomic E-state index is -0.266. The van der Waals surface area contributed by atoms with Crippen LogP contribution in [-0.4, -0.2) is 42.2 Å². The molecule has 6 aromatic rings. The van der Waals surface area contributed by atoms with Crippen molar-refractivity contribution in [2.24, 2.45) is 5.16 Å². The van der Waals surface area contributed by atoms with Crippen LogP contribution in [0, 0.1) is 13.8 Å². The predicted octanol–water partition coefficient (Wildman–Crippen LogP) is 6.16. The highest BCUT2D eigenvalue weighted by molar-refractivity contribution is 5.98. The van der Waals surface area contributed by atoms with Crippen molar-refractivity contribution in [1.29, 1.82) is 0 Å². The predicted molar refractivity (Wildman–Crippen MR) is 161 cm³/mol. The summed E-state index contributed by atoms with van der Waals surface area (Å²) < 4.78 is 15.4. The molecule has 1 aliphatic heterocycles. The number of para-hydroxylation sites is 1. The van der Waals surface area contributed by atoms with E-state index in [2.05, 4.69) is 22.2 Å². The van der Waals surface area contributed by atoms with E-state index in [1.54, 1.807) is 18.0 Å². The zero-order valence-electron chi connectivity index (χ0n) is 24.2. The summed E-state index contributed by atoms with van der Waals surface area (Å²) in [6, 6.07) is 26.1. The highest BCUT2D eigenvalue weighted by Crippen LogP contribution is 2.49. The van der Waals surface area contributed by atoms with Crippen LogP contribution >= 0.6 is 0 Å². The molecular formula is C33H29N7O3. The number of benzene rings is 3. The first kappa shape index (κ1) is 26.4. The van der Waals surface area contributed by atoms with Crippen LogP contribution in [0.3, 0.4) is 0 Å². The van der Waals surface area contributed by atoms with Crippen molar-refractivity contribution < 1.29 is 14.3 Å². The molecular weight excluding hydrogens is 542 g/mol. The Balaban J connectivity index is 1.30. The summed E-state index contributed by atoms with van der Waals surface area (Å²) >= 11 is 0. The molecule has 0 bridgehead atoms. The normalized spacial score (nSPS) is 14.2. The molecule has 0 saturated heterocycles. The number of hydrogen-bond acceptors (Lipinski definition) is 8. The highest BCUT2D eigenvalue weighted by Gasteiger charge is 2.38. The maximum atomic E-state index is 6.50. The molecule has 0 aliphatic carbocycles. The number of methoxy groups -OCH3 is 1. The first-order valence-electron chi connectivity index (χ1n) is 13.9. The van der Waals surface area contributed by atoms with Gasteiger partial charge in [0.15, 0.2) is 18.1 Å². The Morgan fingerprint density at radius 2 is 1.70 bits per heavy atom. The number of rotatable bonds is 7. The number of oxime groups is 1. The largest absolute Gasteiger partial charge is 0.497 e. The minimum Gasteiger partial charge on any atom is -0.497 e. The Hall–Kier alpha value is -5.51. The topological polar surface area (TPSA) is 101 Å². The molecule has 4 heterocycles. The van der Waals surface area contributed by atoms with Crippen LogP contribution in [0.25, 0.3) is 11.3 Å². The lowest BCUT2D eigenvalue weighted by Crippen LogP contribution is -2.16. The standard InChI is InChI=1S/C33H29N7O3/c1-20-10-12-23(13-11-20)21(2)38-42-18-27-35-31-30-29(24-14-16-26(41-4)17-15-24)28-22(3)36-40(25-8-6-5-7-9-25)33(28)43-32(30)34-19-39(31)37-27/h5-17,19,29H,18H2,1-4H3/b38-21+/t29-/m0/s1. The van der Waals surface area contributed by atoms with Crippen LogP contribution in [0.15, 0.2) is 90.3 Å². The Kier molecular flexibility index (Phi) is 6.58. The minimum absolute atomic E-state index is 0.101. The molecule has 43 heavy (non-hydrogen) atoms. The smallest absolute Gasteiger partial charge is 0.230 e. The molecule has 10 nitrogen and oxygen atoms in total. The van der Waals surface area contributed by atoms with E-state index in [4.69, 9.17) is 24.4 Å². The third kappa shape index (κ3) is 4.76. The van der Waals surface area contributed by atoms with E-state index in [1.807, 2.05) is 97.4 Å². The molecule has 0 saturated carbocycles. The lowest BCUT2D eigenvalue weighted by Gasteiger charge is -2.26. The molecule has 0 N–H and O–H groups in total. The van der Waals surface area contributed by atoms with Gasteiger partial charge in [-0.15, -0.1) is 5.10 Å². The summed E-state index contributed by atoms with van der Waals surface area (Å²) in [5.41, 5.74) is 8.09. The van der Waals surface area contributed by atoms with Crippen LogP contribution in [0.4, 0.5) is 0 Å². The van der Waals surface area contributed by atoms with Crippen molar-refractivity contribution in [1.82, 2.24) is 29.4 Å². The zero-order chi connectivity index (χ0) is 29.5. The van der Waals surface area contributed by atoms with Gasteiger partial charge in [-0.25, -0.2) is 19.2 Å². The maximum absolute atomic E-state index is 6.50. The average molecular weight is 572 g/mol. The third-order valence-electron chi connectivity index (χ3n) is 7.58. The van der Waals surface area contributed by atoms with Crippen molar-refractivity contribution in [3.63, 3.8) is 0 Å². The van der Waals surface area contributed by atoms with Gasteiger partial charge in [0.05, 0.1) is 41.2 Å².